The summed E-state index contributed by atoms with van der Waals surface area (Å²) in [7, 11) is 0. The van der Waals surface area contributed by atoms with Gasteiger partial charge in [0.05, 0.1) is 13.2 Å². The molecule has 3 nitrogen and oxygen atoms in total. The van der Waals surface area contributed by atoms with Gasteiger partial charge in [0.15, 0.2) is 0 Å². The highest BCUT2D eigenvalue weighted by Crippen LogP contribution is 2.16. The van der Waals surface area contributed by atoms with E-state index in [0.29, 0.717) is 36.5 Å². The molecule has 5 heteroatoms. The van der Waals surface area contributed by atoms with Crippen LogP contribution in [0.15, 0.2) is 48.5 Å². The molecular weight excluding hydrogens is 311 g/mol. The predicted molar refractivity (Wildman–Crippen MR) is 84.7 cm³/mol. The van der Waals surface area contributed by atoms with E-state index in [-0.39, 0.29) is 0 Å². The van der Waals surface area contributed by atoms with Crippen LogP contribution in [-0.2, 0) is 4.74 Å². The van der Waals surface area contributed by atoms with E-state index in [1.54, 1.807) is 24.3 Å². The van der Waals surface area contributed by atoms with Crippen LogP contribution in [0.5, 0.6) is 11.5 Å². The minimum atomic E-state index is 0.489. The van der Waals surface area contributed by atoms with Crippen LogP contribution in [0, 0.1) is 0 Å². The van der Waals surface area contributed by atoms with Gasteiger partial charge in [-0.1, -0.05) is 23.2 Å². The summed E-state index contributed by atoms with van der Waals surface area (Å²) in [5.74, 6) is 1.56. The molecule has 112 valence electrons. The molecule has 0 bridgehead atoms. The summed E-state index contributed by atoms with van der Waals surface area (Å²) < 4.78 is 16.4. The van der Waals surface area contributed by atoms with E-state index >= 15 is 0 Å². The van der Waals surface area contributed by atoms with Gasteiger partial charge >= 0.3 is 0 Å². The van der Waals surface area contributed by atoms with E-state index in [1.165, 1.54) is 0 Å². The van der Waals surface area contributed by atoms with Gasteiger partial charge in [0, 0.05) is 10.0 Å². The third kappa shape index (κ3) is 6.25. The van der Waals surface area contributed by atoms with Gasteiger partial charge in [-0.25, -0.2) is 0 Å². The normalized spacial score (nSPS) is 10.4. The SMILES string of the molecule is Clc1ccc(OCCOCCOc2ccc(Cl)cc2)cc1. The summed E-state index contributed by atoms with van der Waals surface area (Å²) in [6.45, 7) is 1.99. The first-order valence-electron chi connectivity index (χ1n) is 6.58. The van der Waals surface area contributed by atoms with Gasteiger partial charge in [0.2, 0.25) is 0 Å². The van der Waals surface area contributed by atoms with E-state index in [2.05, 4.69) is 0 Å². The zero-order chi connectivity index (χ0) is 14.9. The lowest BCUT2D eigenvalue weighted by Gasteiger charge is -2.08. The second kappa shape index (κ2) is 8.78. The predicted octanol–water partition coefficient (Wildman–Crippen LogP) is 4.47. The third-order valence-corrected chi connectivity index (χ3v) is 3.12. The van der Waals surface area contributed by atoms with Gasteiger partial charge in [-0.05, 0) is 48.5 Å². The number of hydrogen-bond acceptors (Lipinski definition) is 3. The average Bonchev–Trinajstić information content (AvgIpc) is 2.50. The van der Waals surface area contributed by atoms with Gasteiger partial charge in [0.1, 0.15) is 24.7 Å². The van der Waals surface area contributed by atoms with Crippen LogP contribution in [-0.4, -0.2) is 26.4 Å². The Morgan fingerprint density at radius 3 is 1.33 bits per heavy atom. The van der Waals surface area contributed by atoms with E-state index in [4.69, 9.17) is 37.4 Å². The van der Waals surface area contributed by atoms with Crippen molar-refractivity contribution in [2.75, 3.05) is 26.4 Å². The Morgan fingerprint density at radius 1 is 0.571 bits per heavy atom. The Bertz CT molecular complexity index is 477. The van der Waals surface area contributed by atoms with Crippen LogP contribution in [0.25, 0.3) is 0 Å². The summed E-state index contributed by atoms with van der Waals surface area (Å²) in [5, 5.41) is 1.39. The first kappa shape index (κ1) is 16.0. The van der Waals surface area contributed by atoms with Crippen LogP contribution in [0.2, 0.25) is 10.0 Å². The van der Waals surface area contributed by atoms with Crippen molar-refractivity contribution in [2.45, 2.75) is 0 Å². The summed E-state index contributed by atoms with van der Waals surface area (Å²) in [6.07, 6.45) is 0. The summed E-state index contributed by atoms with van der Waals surface area (Å²) >= 11 is 11.6. The van der Waals surface area contributed by atoms with E-state index in [9.17, 15) is 0 Å². The van der Waals surface area contributed by atoms with Gasteiger partial charge in [-0.15, -0.1) is 0 Å². The van der Waals surface area contributed by atoms with E-state index in [1.807, 2.05) is 24.3 Å². The molecule has 0 aromatic heterocycles. The molecule has 0 atom stereocenters. The van der Waals surface area contributed by atoms with Crippen molar-refractivity contribution >= 4 is 23.2 Å². The van der Waals surface area contributed by atoms with Crippen molar-refractivity contribution in [3.8, 4) is 11.5 Å². The lowest BCUT2D eigenvalue weighted by Crippen LogP contribution is -2.12. The molecule has 0 radical (unpaired) electrons. The van der Waals surface area contributed by atoms with Gasteiger partial charge in [-0.3, -0.25) is 0 Å². The van der Waals surface area contributed by atoms with Gasteiger partial charge in [-0.2, -0.15) is 0 Å². The maximum Gasteiger partial charge on any atom is 0.119 e. The third-order valence-electron chi connectivity index (χ3n) is 2.62. The van der Waals surface area contributed by atoms with Crippen LogP contribution in [0.4, 0.5) is 0 Å². The van der Waals surface area contributed by atoms with Crippen molar-refractivity contribution < 1.29 is 14.2 Å². The van der Waals surface area contributed by atoms with E-state index < -0.39 is 0 Å². The molecule has 0 aliphatic carbocycles. The average molecular weight is 327 g/mol. The number of benzene rings is 2. The molecule has 0 aliphatic heterocycles. The highest BCUT2D eigenvalue weighted by molar-refractivity contribution is 6.30. The van der Waals surface area contributed by atoms with Crippen LogP contribution in [0.3, 0.4) is 0 Å². The maximum atomic E-state index is 5.79. The largest absolute Gasteiger partial charge is 0.491 e. The molecule has 0 unspecified atom stereocenters. The van der Waals surface area contributed by atoms with Gasteiger partial charge in [0.25, 0.3) is 0 Å². The second-order valence-corrected chi connectivity index (χ2v) is 5.09. The number of ether oxygens (including phenoxy) is 3. The minimum absolute atomic E-state index is 0.489. The Hall–Kier alpha value is -1.42. The fourth-order valence-electron chi connectivity index (χ4n) is 1.60. The highest BCUT2D eigenvalue weighted by Gasteiger charge is 1.96. The van der Waals surface area contributed by atoms with Crippen molar-refractivity contribution in [3.63, 3.8) is 0 Å². The van der Waals surface area contributed by atoms with Crippen molar-refractivity contribution in [3.05, 3.63) is 58.6 Å². The van der Waals surface area contributed by atoms with Crippen molar-refractivity contribution in [2.24, 2.45) is 0 Å². The molecule has 0 amide bonds. The minimum Gasteiger partial charge on any atom is -0.491 e. The topological polar surface area (TPSA) is 27.7 Å². The molecule has 0 saturated heterocycles. The first-order valence-corrected chi connectivity index (χ1v) is 7.34. The maximum absolute atomic E-state index is 5.79. The summed E-state index contributed by atoms with van der Waals surface area (Å²) in [5.41, 5.74) is 0. The number of hydrogen-bond donors (Lipinski definition) is 0. The smallest absolute Gasteiger partial charge is 0.119 e. The van der Waals surface area contributed by atoms with Crippen LogP contribution in [0.1, 0.15) is 0 Å². The summed E-state index contributed by atoms with van der Waals surface area (Å²) in [4.78, 5) is 0. The lowest BCUT2D eigenvalue weighted by atomic mass is 10.3. The molecule has 21 heavy (non-hydrogen) atoms. The number of rotatable bonds is 8. The zero-order valence-corrected chi connectivity index (χ0v) is 12.9. The lowest BCUT2D eigenvalue weighted by molar-refractivity contribution is 0.0764. The number of halogens is 2. The van der Waals surface area contributed by atoms with E-state index in [0.717, 1.165) is 11.5 Å². The quantitative estimate of drug-likeness (QED) is 0.670. The fraction of sp³-hybridized carbons (Fsp3) is 0.250. The van der Waals surface area contributed by atoms with Crippen LogP contribution >= 0.6 is 23.2 Å². The Kier molecular flexibility index (Phi) is 6.67. The Labute approximate surface area is 134 Å². The molecular formula is C16H16Cl2O3. The molecule has 0 N–H and O–H groups in total. The molecule has 2 aromatic rings. The molecule has 0 saturated carbocycles. The molecule has 0 aliphatic rings. The molecule has 0 fully saturated rings. The Morgan fingerprint density at radius 2 is 0.952 bits per heavy atom. The monoisotopic (exact) mass is 326 g/mol. The first-order chi connectivity index (χ1) is 10.2. The van der Waals surface area contributed by atoms with Crippen LogP contribution < -0.4 is 9.47 Å². The summed E-state index contributed by atoms with van der Waals surface area (Å²) in [6, 6.07) is 14.5. The standard InChI is InChI=1S/C16H16Cl2O3/c17-13-1-5-15(6-2-13)20-11-9-19-10-12-21-16-7-3-14(18)4-8-16/h1-8H,9-12H2. The molecule has 0 heterocycles. The zero-order valence-electron chi connectivity index (χ0n) is 11.4. The fourth-order valence-corrected chi connectivity index (χ4v) is 1.85. The van der Waals surface area contributed by atoms with Crippen molar-refractivity contribution in [1.82, 2.24) is 0 Å². The molecule has 0 spiro atoms. The molecule has 2 rings (SSSR count). The second-order valence-electron chi connectivity index (χ2n) is 4.22. The molecule has 2 aromatic carbocycles. The van der Waals surface area contributed by atoms with Gasteiger partial charge < -0.3 is 14.2 Å². The van der Waals surface area contributed by atoms with Crippen molar-refractivity contribution in [1.29, 1.82) is 0 Å². The highest BCUT2D eigenvalue weighted by atomic mass is 35.5. The Balaban J connectivity index is 1.52.